The maximum atomic E-state index is 12.3. The molecule has 114 valence electrons. The SMILES string of the molecule is NC(=O)c1ccc(O)c(NC(=O)c2cc3ccccc3cn2)c1. The number of aromatic hydroxyl groups is 1. The maximum Gasteiger partial charge on any atom is 0.274 e. The van der Waals surface area contributed by atoms with Crippen molar-refractivity contribution in [3.8, 4) is 5.75 Å². The van der Waals surface area contributed by atoms with E-state index in [1.165, 1.54) is 18.2 Å². The fraction of sp³-hybridized carbons (Fsp3) is 0. The van der Waals surface area contributed by atoms with Gasteiger partial charge in [-0.15, -0.1) is 0 Å². The first-order valence-corrected chi connectivity index (χ1v) is 6.83. The van der Waals surface area contributed by atoms with Crippen molar-refractivity contribution in [2.45, 2.75) is 0 Å². The van der Waals surface area contributed by atoms with E-state index in [9.17, 15) is 14.7 Å². The predicted molar refractivity (Wildman–Crippen MR) is 86.3 cm³/mol. The molecule has 2 aromatic carbocycles. The van der Waals surface area contributed by atoms with E-state index in [2.05, 4.69) is 10.3 Å². The number of benzene rings is 2. The fourth-order valence-electron chi connectivity index (χ4n) is 2.18. The fourth-order valence-corrected chi connectivity index (χ4v) is 2.18. The Hall–Kier alpha value is -3.41. The van der Waals surface area contributed by atoms with Crippen molar-refractivity contribution >= 4 is 28.3 Å². The molecule has 0 bridgehead atoms. The van der Waals surface area contributed by atoms with Gasteiger partial charge in [0.1, 0.15) is 11.4 Å². The lowest BCUT2D eigenvalue weighted by Gasteiger charge is -2.08. The molecule has 0 aliphatic heterocycles. The van der Waals surface area contributed by atoms with Gasteiger partial charge in [-0.3, -0.25) is 14.6 Å². The van der Waals surface area contributed by atoms with E-state index >= 15 is 0 Å². The van der Waals surface area contributed by atoms with Gasteiger partial charge in [0.05, 0.1) is 5.69 Å². The molecule has 0 aliphatic carbocycles. The molecule has 23 heavy (non-hydrogen) atoms. The Morgan fingerprint density at radius 1 is 1.04 bits per heavy atom. The smallest absolute Gasteiger partial charge is 0.274 e. The number of rotatable bonds is 3. The molecular formula is C17H13N3O3. The number of anilines is 1. The standard InChI is InChI=1S/C17H13N3O3/c18-16(22)11-5-6-15(21)13(8-11)20-17(23)14-7-10-3-1-2-4-12(10)9-19-14/h1-9,21H,(H2,18,22)(H,20,23). The number of nitrogens with two attached hydrogens (primary N) is 1. The van der Waals surface area contributed by atoms with Crippen LogP contribution in [0.15, 0.2) is 54.7 Å². The predicted octanol–water partition coefficient (Wildman–Crippen LogP) is 2.29. The van der Waals surface area contributed by atoms with Gasteiger partial charge >= 0.3 is 0 Å². The number of hydrogen-bond donors (Lipinski definition) is 3. The third-order valence-corrected chi connectivity index (χ3v) is 3.39. The molecule has 0 atom stereocenters. The topological polar surface area (TPSA) is 105 Å². The number of nitrogens with one attached hydrogen (secondary N) is 1. The van der Waals surface area contributed by atoms with Gasteiger partial charge in [0.25, 0.3) is 5.91 Å². The van der Waals surface area contributed by atoms with E-state index in [-0.39, 0.29) is 22.7 Å². The summed E-state index contributed by atoms with van der Waals surface area (Å²) in [5, 5.41) is 14.1. The van der Waals surface area contributed by atoms with E-state index in [4.69, 9.17) is 5.73 Å². The molecule has 0 fully saturated rings. The van der Waals surface area contributed by atoms with Crippen LogP contribution in [0.25, 0.3) is 10.8 Å². The molecule has 0 saturated heterocycles. The van der Waals surface area contributed by atoms with Crippen molar-refractivity contribution in [2.75, 3.05) is 5.32 Å². The van der Waals surface area contributed by atoms with E-state index in [1.54, 1.807) is 12.3 Å². The number of nitrogens with zero attached hydrogens (tertiary/aromatic N) is 1. The van der Waals surface area contributed by atoms with Crippen LogP contribution >= 0.6 is 0 Å². The summed E-state index contributed by atoms with van der Waals surface area (Å²) in [6.45, 7) is 0. The highest BCUT2D eigenvalue weighted by molar-refractivity contribution is 6.06. The largest absolute Gasteiger partial charge is 0.506 e. The molecule has 2 amide bonds. The van der Waals surface area contributed by atoms with Gasteiger partial charge in [-0.1, -0.05) is 24.3 Å². The van der Waals surface area contributed by atoms with Crippen molar-refractivity contribution < 1.29 is 14.7 Å². The second-order valence-electron chi connectivity index (χ2n) is 4.97. The molecule has 0 aliphatic rings. The Kier molecular flexibility index (Phi) is 3.64. The highest BCUT2D eigenvalue weighted by Gasteiger charge is 2.12. The average Bonchev–Trinajstić information content (AvgIpc) is 2.56. The Morgan fingerprint density at radius 2 is 1.78 bits per heavy atom. The number of phenolic OH excluding ortho intramolecular Hbond substituents is 1. The van der Waals surface area contributed by atoms with Gasteiger partial charge in [-0.05, 0) is 29.7 Å². The van der Waals surface area contributed by atoms with Crippen molar-refractivity contribution in [3.05, 3.63) is 66.0 Å². The molecular weight excluding hydrogens is 294 g/mol. The lowest BCUT2D eigenvalue weighted by atomic mass is 10.1. The molecule has 1 aromatic heterocycles. The number of phenols is 1. The first-order valence-electron chi connectivity index (χ1n) is 6.83. The molecule has 0 radical (unpaired) electrons. The Morgan fingerprint density at radius 3 is 2.52 bits per heavy atom. The van der Waals surface area contributed by atoms with Crippen molar-refractivity contribution in [2.24, 2.45) is 5.73 Å². The Balaban J connectivity index is 1.91. The number of fused-ring (bicyclic) bond motifs is 1. The van der Waals surface area contributed by atoms with Crippen LogP contribution in [-0.2, 0) is 0 Å². The summed E-state index contributed by atoms with van der Waals surface area (Å²) in [5.41, 5.74) is 5.68. The van der Waals surface area contributed by atoms with E-state index in [0.29, 0.717) is 0 Å². The molecule has 3 aromatic rings. The number of carbonyl (C=O) groups excluding carboxylic acids is 2. The Bertz CT molecular complexity index is 922. The second kappa shape index (κ2) is 5.76. The second-order valence-corrected chi connectivity index (χ2v) is 4.97. The minimum atomic E-state index is -0.649. The summed E-state index contributed by atoms with van der Waals surface area (Å²) in [6, 6.07) is 13.2. The zero-order valence-corrected chi connectivity index (χ0v) is 12.0. The number of hydrogen-bond acceptors (Lipinski definition) is 4. The van der Waals surface area contributed by atoms with Gasteiger partial charge in [-0.2, -0.15) is 0 Å². The molecule has 4 N–H and O–H groups in total. The first-order chi connectivity index (χ1) is 11.0. The number of pyridine rings is 1. The number of aromatic nitrogens is 1. The highest BCUT2D eigenvalue weighted by atomic mass is 16.3. The van der Waals surface area contributed by atoms with Crippen LogP contribution in [0.1, 0.15) is 20.8 Å². The maximum absolute atomic E-state index is 12.3. The third kappa shape index (κ3) is 2.96. The highest BCUT2D eigenvalue weighted by Crippen LogP contribution is 2.25. The van der Waals surface area contributed by atoms with E-state index < -0.39 is 11.8 Å². The zero-order valence-electron chi connectivity index (χ0n) is 12.0. The molecule has 1 heterocycles. The van der Waals surface area contributed by atoms with Crippen LogP contribution in [-0.4, -0.2) is 21.9 Å². The van der Waals surface area contributed by atoms with Crippen LogP contribution < -0.4 is 11.1 Å². The minimum absolute atomic E-state index is 0.0984. The van der Waals surface area contributed by atoms with Crippen LogP contribution in [0.4, 0.5) is 5.69 Å². The first kappa shape index (κ1) is 14.5. The lowest BCUT2D eigenvalue weighted by Crippen LogP contribution is -2.15. The molecule has 3 rings (SSSR count). The quantitative estimate of drug-likeness (QED) is 0.645. The summed E-state index contributed by atoms with van der Waals surface area (Å²) >= 11 is 0. The Labute approximate surface area is 131 Å². The summed E-state index contributed by atoms with van der Waals surface area (Å²) in [6.07, 6.45) is 1.60. The number of amides is 2. The third-order valence-electron chi connectivity index (χ3n) is 3.39. The van der Waals surface area contributed by atoms with Gasteiger partial charge in [0.2, 0.25) is 5.91 Å². The molecule has 6 nitrogen and oxygen atoms in total. The zero-order chi connectivity index (χ0) is 16.4. The molecule has 0 spiro atoms. The van der Waals surface area contributed by atoms with Crippen LogP contribution in [0.5, 0.6) is 5.75 Å². The lowest BCUT2D eigenvalue weighted by molar-refractivity contribution is 0.0995. The van der Waals surface area contributed by atoms with Gasteiger partial charge in [0, 0.05) is 17.1 Å². The van der Waals surface area contributed by atoms with Crippen LogP contribution in [0.2, 0.25) is 0 Å². The van der Waals surface area contributed by atoms with Gasteiger partial charge < -0.3 is 16.2 Å². The van der Waals surface area contributed by atoms with Crippen LogP contribution in [0, 0.1) is 0 Å². The number of primary amides is 1. The van der Waals surface area contributed by atoms with Crippen molar-refractivity contribution in [1.82, 2.24) is 4.98 Å². The number of carbonyl (C=O) groups is 2. The summed E-state index contributed by atoms with van der Waals surface area (Å²) < 4.78 is 0. The van der Waals surface area contributed by atoms with Gasteiger partial charge in [0.15, 0.2) is 0 Å². The van der Waals surface area contributed by atoms with Crippen LogP contribution in [0.3, 0.4) is 0 Å². The molecule has 0 saturated carbocycles. The average molecular weight is 307 g/mol. The monoisotopic (exact) mass is 307 g/mol. The van der Waals surface area contributed by atoms with Crippen molar-refractivity contribution in [3.63, 3.8) is 0 Å². The molecule has 6 heteroatoms. The summed E-state index contributed by atoms with van der Waals surface area (Å²) in [5.74, 6) is -1.30. The minimum Gasteiger partial charge on any atom is -0.506 e. The molecule has 0 unspecified atom stereocenters. The van der Waals surface area contributed by atoms with E-state index in [0.717, 1.165) is 10.8 Å². The summed E-state index contributed by atoms with van der Waals surface area (Å²) in [7, 11) is 0. The van der Waals surface area contributed by atoms with Crippen molar-refractivity contribution in [1.29, 1.82) is 0 Å². The van der Waals surface area contributed by atoms with E-state index in [1.807, 2.05) is 24.3 Å². The van der Waals surface area contributed by atoms with Gasteiger partial charge in [-0.25, -0.2) is 0 Å². The normalized spacial score (nSPS) is 10.4. The summed E-state index contributed by atoms with van der Waals surface area (Å²) in [4.78, 5) is 27.6.